The van der Waals surface area contributed by atoms with Crippen molar-refractivity contribution in [3.63, 3.8) is 0 Å². The summed E-state index contributed by atoms with van der Waals surface area (Å²) in [6.07, 6.45) is 3.85. The summed E-state index contributed by atoms with van der Waals surface area (Å²) in [5, 5.41) is 0. The third-order valence-corrected chi connectivity index (χ3v) is 3.21. The minimum absolute atomic E-state index is 0.268. The van der Waals surface area contributed by atoms with Gasteiger partial charge in [-0.3, -0.25) is 4.79 Å². The summed E-state index contributed by atoms with van der Waals surface area (Å²) in [7, 11) is 0. The maximum absolute atomic E-state index is 11.5. The molecule has 0 heterocycles. The van der Waals surface area contributed by atoms with Crippen LogP contribution >= 0.6 is 0 Å². The highest BCUT2D eigenvalue weighted by Gasteiger charge is 2.19. The van der Waals surface area contributed by atoms with Gasteiger partial charge in [-0.15, -0.1) is 0 Å². The van der Waals surface area contributed by atoms with Gasteiger partial charge >= 0.3 is 0 Å². The second-order valence-electron chi connectivity index (χ2n) is 4.30. The molecule has 0 atom stereocenters. The Morgan fingerprint density at radius 2 is 2.00 bits per heavy atom. The predicted octanol–water partition coefficient (Wildman–Crippen LogP) is 3.38. The zero-order valence-electron chi connectivity index (χ0n) is 9.95. The Morgan fingerprint density at radius 3 is 2.69 bits per heavy atom. The van der Waals surface area contributed by atoms with E-state index in [1.165, 1.54) is 0 Å². The van der Waals surface area contributed by atoms with E-state index in [0.717, 1.165) is 36.1 Å². The fraction of sp³-hybridized carbons (Fsp3) is 0.500. The number of ketones is 1. The molecule has 1 aromatic rings. The first kappa shape index (κ1) is 11.2. The van der Waals surface area contributed by atoms with Crippen molar-refractivity contribution in [1.29, 1.82) is 0 Å². The number of Topliss-reactive ketones (excluding diaryl/α,β-unsaturated/α-hetero) is 1. The lowest BCUT2D eigenvalue weighted by molar-refractivity contribution is 0.0994. The van der Waals surface area contributed by atoms with Crippen LogP contribution in [0.5, 0.6) is 5.75 Å². The molecule has 0 aromatic heterocycles. The van der Waals surface area contributed by atoms with Crippen LogP contribution in [0.1, 0.15) is 49.0 Å². The van der Waals surface area contributed by atoms with E-state index in [1.54, 1.807) is 0 Å². The molecule has 0 spiro atoms. The first-order valence-corrected chi connectivity index (χ1v) is 6.07. The molecule has 1 aliphatic carbocycles. The highest BCUT2D eigenvalue weighted by atomic mass is 16.5. The predicted molar refractivity (Wildman–Crippen MR) is 64.1 cm³/mol. The van der Waals surface area contributed by atoms with Gasteiger partial charge in [0, 0.05) is 12.0 Å². The molecular weight excluding hydrogens is 200 g/mol. The SMILES string of the molecule is CCC(CC)Oc1ccc2c(c1)CCC2=O. The van der Waals surface area contributed by atoms with Crippen molar-refractivity contribution in [2.75, 3.05) is 0 Å². The van der Waals surface area contributed by atoms with Gasteiger partial charge in [-0.1, -0.05) is 13.8 Å². The van der Waals surface area contributed by atoms with E-state index in [0.29, 0.717) is 6.42 Å². The van der Waals surface area contributed by atoms with Gasteiger partial charge in [-0.05, 0) is 43.0 Å². The molecule has 16 heavy (non-hydrogen) atoms. The molecule has 0 saturated carbocycles. The lowest BCUT2D eigenvalue weighted by Crippen LogP contribution is -2.13. The maximum Gasteiger partial charge on any atom is 0.163 e. The van der Waals surface area contributed by atoms with Crippen LogP contribution < -0.4 is 4.74 Å². The smallest absolute Gasteiger partial charge is 0.163 e. The molecule has 0 unspecified atom stereocenters. The number of fused-ring (bicyclic) bond motifs is 1. The summed E-state index contributed by atoms with van der Waals surface area (Å²) >= 11 is 0. The number of rotatable bonds is 4. The third-order valence-electron chi connectivity index (χ3n) is 3.21. The quantitative estimate of drug-likeness (QED) is 0.774. The average Bonchev–Trinajstić information content (AvgIpc) is 2.68. The number of ether oxygens (including phenoxy) is 1. The minimum atomic E-state index is 0.268. The molecule has 0 aliphatic heterocycles. The van der Waals surface area contributed by atoms with Crippen molar-refractivity contribution in [3.05, 3.63) is 29.3 Å². The third kappa shape index (κ3) is 2.11. The summed E-state index contributed by atoms with van der Waals surface area (Å²) in [5.74, 6) is 1.17. The molecule has 0 fully saturated rings. The van der Waals surface area contributed by atoms with Gasteiger partial charge in [0.2, 0.25) is 0 Å². The Hall–Kier alpha value is -1.31. The average molecular weight is 218 g/mol. The maximum atomic E-state index is 11.5. The second-order valence-corrected chi connectivity index (χ2v) is 4.30. The summed E-state index contributed by atoms with van der Waals surface area (Å²) in [5.41, 5.74) is 2.03. The molecule has 2 heteroatoms. The number of benzene rings is 1. The number of hydrogen-bond donors (Lipinski definition) is 0. The fourth-order valence-electron chi connectivity index (χ4n) is 2.15. The van der Waals surface area contributed by atoms with Crippen molar-refractivity contribution in [2.45, 2.75) is 45.6 Å². The van der Waals surface area contributed by atoms with Crippen LogP contribution in [0.2, 0.25) is 0 Å². The highest BCUT2D eigenvalue weighted by Crippen LogP contribution is 2.27. The Balaban J connectivity index is 2.16. The Kier molecular flexibility index (Phi) is 3.28. The largest absolute Gasteiger partial charge is 0.490 e. The molecule has 0 radical (unpaired) electrons. The van der Waals surface area contributed by atoms with Gasteiger partial charge in [-0.25, -0.2) is 0 Å². The van der Waals surface area contributed by atoms with Crippen LogP contribution in [-0.4, -0.2) is 11.9 Å². The van der Waals surface area contributed by atoms with Gasteiger partial charge in [0.15, 0.2) is 5.78 Å². The van der Waals surface area contributed by atoms with Crippen molar-refractivity contribution >= 4 is 5.78 Å². The van der Waals surface area contributed by atoms with E-state index >= 15 is 0 Å². The van der Waals surface area contributed by atoms with Crippen LogP contribution in [0.25, 0.3) is 0 Å². The van der Waals surface area contributed by atoms with E-state index < -0.39 is 0 Å². The van der Waals surface area contributed by atoms with E-state index in [9.17, 15) is 4.79 Å². The van der Waals surface area contributed by atoms with Gasteiger partial charge < -0.3 is 4.74 Å². The van der Waals surface area contributed by atoms with E-state index in [-0.39, 0.29) is 11.9 Å². The number of carbonyl (C=O) groups excluding carboxylic acids is 1. The highest BCUT2D eigenvalue weighted by molar-refractivity contribution is 6.00. The van der Waals surface area contributed by atoms with Crippen molar-refractivity contribution < 1.29 is 9.53 Å². The normalized spacial score (nSPS) is 14.3. The molecular formula is C14H18O2. The molecule has 1 aromatic carbocycles. The summed E-state index contributed by atoms with van der Waals surface area (Å²) in [6.45, 7) is 4.26. The molecule has 86 valence electrons. The molecule has 0 saturated heterocycles. The Bertz CT molecular complexity index is 392. The number of carbonyl (C=O) groups is 1. The van der Waals surface area contributed by atoms with Crippen LogP contribution in [0.15, 0.2) is 18.2 Å². The zero-order chi connectivity index (χ0) is 11.5. The topological polar surface area (TPSA) is 26.3 Å². The van der Waals surface area contributed by atoms with Gasteiger partial charge in [-0.2, -0.15) is 0 Å². The van der Waals surface area contributed by atoms with Crippen LogP contribution in [-0.2, 0) is 6.42 Å². The lowest BCUT2D eigenvalue weighted by atomic mass is 10.1. The van der Waals surface area contributed by atoms with Gasteiger partial charge in [0.05, 0.1) is 6.10 Å². The zero-order valence-corrected chi connectivity index (χ0v) is 9.95. The molecule has 0 N–H and O–H groups in total. The monoisotopic (exact) mass is 218 g/mol. The van der Waals surface area contributed by atoms with Crippen molar-refractivity contribution in [3.8, 4) is 5.75 Å². The van der Waals surface area contributed by atoms with Crippen molar-refractivity contribution in [1.82, 2.24) is 0 Å². The van der Waals surface area contributed by atoms with Crippen LogP contribution in [0.4, 0.5) is 0 Å². The molecule has 1 aliphatic rings. The van der Waals surface area contributed by atoms with Gasteiger partial charge in [0.25, 0.3) is 0 Å². The lowest BCUT2D eigenvalue weighted by Gasteiger charge is -2.16. The first-order valence-electron chi connectivity index (χ1n) is 6.07. The first-order chi connectivity index (χ1) is 7.74. The van der Waals surface area contributed by atoms with E-state index in [4.69, 9.17) is 4.74 Å². The molecule has 2 nitrogen and oxygen atoms in total. The van der Waals surface area contributed by atoms with Crippen molar-refractivity contribution in [2.24, 2.45) is 0 Å². The van der Waals surface area contributed by atoms with Crippen LogP contribution in [0, 0.1) is 0 Å². The van der Waals surface area contributed by atoms with E-state index in [2.05, 4.69) is 13.8 Å². The summed E-state index contributed by atoms with van der Waals surface area (Å²) in [4.78, 5) is 11.5. The number of aryl methyl sites for hydroxylation is 1. The second kappa shape index (κ2) is 4.69. The Morgan fingerprint density at radius 1 is 1.25 bits per heavy atom. The molecule has 2 rings (SSSR count). The fourth-order valence-corrected chi connectivity index (χ4v) is 2.15. The van der Waals surface area contributed by atoms with Gasteiger partial charge in [0.1, 0.15) is 5.75 Å². The number of hydrogen-bond acceptors (Lipinski definition) is 2. The summed E-state index contributed by atoms with van der Waals surface area (Å²) < 4.78 is 5.86. The molecule has 0 bridgehead atoms. The summed E-state index contributed by atoms with van der Waals surface area (Å²) in [6, 6.07) is 5.85. The van der Waals surface area contributed by atoms with E-state index in [1.807, 2.05) is 18.2 Å². The Labute approximate surface area is 96.6 Å². The minimum Gasteiger partial charge on any atom is -0.490 e. The standard InChI is InChI=1S/C14H18O2/c1-3-11(4-2)16-12-6-7-13-10(9-12)5-8-14(13)15/h6-7,9,11H,3-5,8H2,1-2H3. The molecule has 0 amide bonds. The van der Waals surface area contributed by atoms with Crippen LogP contribution in [0.3, 0.4) is 0 Å².